The van der Waals surface area contributed by atoms with E-state index in [2.05, 4.69) is 57.5 Å². The highest BCUT2D eigenvalue weighted by molar-refractivity contribution is 6.02. The summed E-state index contributed by atoms with van der Waals surface area (Å²) in [5.74, 6) is 0.564. The van der Waals surface area contributed by atoms with E-state index in [4.69, 9.17) is 9.73 Å². The summed E-state index contributed by atoms with van der Waals surface area (Å²) >= 11 is 0. The SMILES string of the molecule is C=CC1=C(/C=C\C)CC(C)=C1/C=C(\C=C/C)C(/C)=N/C(=C)C(/C=C(/C(=C)C)C(=C)OC/C=C\C=C/C)=C/C. The molecule has 2 nitrogen and oxygen atoms in total. The van der Waals surface area contributed by atoms with Crippen molar-refractivity contribution in [2.45, 2.75) is 54.9 Å². The highest BCUT2D eigenvalue weighted by Gasteiger charge is 2.17. The molecule has 1 aliphatic carbocycles. The van der Waals surface area contributed by atoms with Crippen molar-refractivity contribution >= 4 is 5.71 Å². The number of ether oxygens (including phenoxy) is 1. The quantitative estimate of drug-likeness (QED) is 0.130. The van der Waals surface area contributed by atoms with E-state index in [9.17, 15) is 0 Å². The Balaban J connectivity index is 3.35. The monoisotopic (exact) mass is 507 g/mol. The molecule has 0 atom stereocenters. The van der Waals surface area contributed by atoms with Gasteiger partial charge in [-0.25, -0.2) is 0 Å². The Bertz CT molecular complexity index is 1240. The van der Waals surface area contributed by atoms with Gasteiger partial charge in [0.15, 0.2) is 0 Å². The van der Waals surface area contributed by atoms with Crippen molar-refractivity contribution in [1.82, 2.24) is 0 Å². The van der Waals surface area contributed by atoms with Gasteiger partial charge in [0.1, 0.15) is 12.4 Å². The van der Waals surface area contributed by atoms with Crippen LogP contribution in [0.1, 0.15) is 54.9 Å². The highest BCUT2D eigenvalue weighted by Crippen LogP contribution is 2.35. The van der Waals surface area contributed by atoms with Crippen molar-refractivity contribution in [2.75, 3.05) is 6.61 Å². The van der Waals surface area contributed by atoms with Gasteiger partial charge in [-0.1, -0.05) is 86.6 Å². The predicted octanol–water partition coefficient (Wildman–Crippen LogP) is 10.4. The summed E-state index contributed by atoms with van der Waals surface area (Å²) in [7, 11) is 0. The van der Waals surface area contributed by atoms with Gasteiger partial charge in [-0.05, 0) is 107 Å². The Morgan fingerprint density at radius 2 is 1.66 bits per heavy atom. The Labute approximate surface area is 232 Å². The maximum atomic E-state index is 5.84. The largest absolute Gasteiger partial charge is 0.490 e. The molecule has 0 fully saturated rings. The standard InChI is InChI=1S/C36H45NO/c1-12-17-18-19-22-38-30(11)35(26(6)7)24-31(15-4)28(9)37-29(10)32(20-13-2)25-36-27(8)23-33(21-14-3)34(36)16-5/h12-21,24-25H,5-6,9,11,22-23H2,1-4,7-8,10H3/b17-12-,19-18-,20-13-,21-14-,31-15+,32-25+,35-24-,37-29+. The smallest absolute Gasteiger partial charge is 0.120 e. The molecule has 2 heteroatoms. The second-order valence-electron chi connectivity index (χ2n) is 9.03. The third-order valence-electron chi connectivity index (χ3n) is 5.99. The summed E-state index contributed by atoms with van der Waals surface area (Å²) in [5, 5.41) is 0. The third kappa shape index (κ3) is 9.52. The number of rotatable bonds is 14. The van der Waals surface area contributed by atoms with Gasteiger partial charge in [0.05, 0.1) is 5.70 Å². The van der Waals surface area contributed by atoms with Crippen molar-refractivity contribution in [1.29, 1.82) is 0 Å². The van der Waals surface area contributed by atoms with Crippen LogP contribution in [0.3, 0.4) is 0 Å². The van der Waals surface area contributed by atoms with E-state index in [0.29, 0.717) is 18.1 Å². The Morgan fingerprint density at radius 1 is 0.947 bits per heavy atom. The minimum absolute atomic E-state index is 0.431. The first kappa shape index (κ1) is 32.1. The number of hydrogen-bond donors (Lipinski definition) is 0. The molecule has 0 saturated carbocycles. The molecule has 0 amide bonds. The molecule has 1 rings (SSSR count). The fourth-order valence-corrected chi connectivity index (χ4v) is 4.01. The topological polar surface area (TPSA) is 21.6 Å². The number of nitrogens with zero attached hydrogens (tertiary/aromatic N) is 1. The fourth-order valence-electron chi connectivity index (χ4n) is 4.01. The first-order chi connectivity index (χ1) is 18.1. The zero-order valence-corrected chi connectivity index (χ0v) is 24.5. The normalized spacial score (nSPS) is 16.2. The number of aliphatic imine (C=N–C) groups is 1. The van der Waals surface area contributed by atoms with Gasteiger partial charge >= 0.3 is 0 Å². The van der Waals surface area contributed by atoms with Gasteiger partial charge in [0.25, 0.3) is 0 Å². The molecule has 1 aliphatic rings. The van der Waals surface area contributed by atoms with Crippen molar-refractivity contribution in [2.24, 2.45) is 4.99 Å². The van der Waals surface area contributed by atoms with Crippen molar-refractivity contribution in [3.05, 3.63) is 155 Å². The van der Waals surface area contributed by atoms with E-state index in [1.165, 1.54) is 22.3 Å². The Morgan fingerprint density at radius 3 is 2.21 bits per heavy atom. The summed E-state index contributed by atoms with van der Waals surface area (Å²) in [5.41, 5.74) is 10.1. The van der Waals surface area contributed by atoms with Crippen molar-refractivity contribution in [3.63, 3.8) is 0 Å². The van der Waals surface area contributed by atoms with Crippen molar-refractivity contribution < 1.29 is 4.74 Å². The molecule has 0 spiro atoms. The highest BCUT2D eigenvalue weighted by atomic mass is 16.5. The summed E-state index contributed by atoms with van der Waals surface area (Å²) in [6.07, 6.45) is 25.2. The van der Waals surface area contributed by atoms with Crippen LogP contribution in [0, 0.1) is 0 Å². The van der Waals surface area contributed by atoms with E-state index >= 15 is 0 Å². The van der Waals surface area contributed by atoms with Gasteiger partial charge in [-0.2, -0.15) is 0 Å². The molecule has 0 radical (unpaired) electrons. The molecule has 0 aliphatic heterocycles. The molecule has 200 valence electrons. The molecule has 0 bridgehead atoms. The van der Waals surface area contributed by atoms with Gasteiger partial charge in [-0.3, -0.25) is 4.99 Å². The van der Waals surface area contributed by atoms with Crippen LogP contribution in [0.5, 0.6) is 0 Å². The summed E-state index contributed by atoms with van der Waals surface area (Å²) in [4.78, 5) is 4.90. The third-order valence-corrected chi connectivity index (χ3v) is 5.99. The zero-order chi connectivity index (χ0) is 28.7. The molecule has 0 saturated heterocycles. The molecular weight excluding hydrogens is 462 g/mol. The molecule has 0 aromatic rings. The van der Waals surface area contributed by atoms with E-state index in [1.807, 2.05) is 90.2 Å². The van der Waals surface area contributed by atoms with E-state index in [1.54, 1.807) is 0 Å². The lowest BCUT2D eigenvalue weighted by molar-refractivity contribution is 0.259. The maximum absolute atomic E-state index is 5.84. The minimum atomic E-state index is 0.431. The predicted molar refractivity (Wildman–Crippen MR) is 170 cm³/mol. The lowest BCUT2D eigenvalue weighted by atomic mass is 9.99. The van der Waals surface area contributed by atoms with E-state index in [-0.39, 0.29) is 0 Å². The number of allylic oxidation sites excluding steroid dienone is 17. The van der Waals surface area contributed by atoms with E-state index < -0.39 is 0 Å². The van der Waals surface area contributed by atoms with Crippen LogP contribution in [0.4, 0.5) is 0 Å². The fraction of sp³-hybridized carbons (Fsp3) is 0.250. The van der Waals surface area contributed by atoms with Gasteiger partial charge < -0.3 is 4.74 Å². The molecule has 38 heavy (non-hydrogen) atoms. The van der Waals surface area contributed by atoms with Crippen molar-refractivity contribution in [3.8, 4) is 0 Å². The zero-order valence-electron chi connectivity index (χ0n) is 24.5. The summed E-state index contributed by atoms with van der Waals surface area (Å²) in [6, 6.07) is 0. The first-order valence-electron chi connectivity index (χ1n) is 13.1. The average Bonchev–Trinajstić information content (AvgIpc) is 3.17. The molecule has 0 N–H and O–H groups in total. The van der Waals surface area contributed by atoms with Crippen LogP contribution in [0.2, 0.25) is 0 Å². The van der Waals surface area contributed by atoms with Crippen LogP contribution in [0.25, 0.3) is 0 Å². The average molecular weight is 508 g/mol. The molecular formula is C36H45NO. The minimum Gasteiger partial charge on any atom is -0.490 e. The van der Waals surface area contributed by atoms with Gasteiger partial charge in [0, 0.05) is 11.3 Å². The number of hydrogen-bond acceptors (Lipinski definition) is 2. The second-order valence-corrected chi connectivity index (χ2v) is 9.03. The Hall–Kier alpha value is -3.91. The van der Waals surface area contributed by atoms with Crippen LogP contribution >= 0.6 is 0 Å². The molecule has 0 aromatic heterocycles. The maximum Gasteiger partial charge on any atom is 0.120 e. The summed E-state index contributed by atoms with van der Waals surface area (Å²) < 4.78 is 5.84. The summed E-state index contributed by atoms with van der Waals surface area (Å²) in [6.45, 7) is 31.1. The van der Waals surface area contributed by atoms with Gasteiger partial charge in [-0.15, -0.1) is 0 Å². The Kier molecular flexibility index (Phi) is 14.2. The second kappa shape index (κ2) is 16.8. The van der Waals surface area contributed by atoms with Crippen LogP contribution in [0.15, 0.2) is 160 Å². The lowest BCUT2D eigenvalue weighted by Crippen LogP contribution is -2.00. The van der Waals surface area contributed by atoms with Crippen LogP contribution in [-0.2, 0) is 4.74 Å². The molecule has 0 heterocycles. The lowest BCUT2D eigenvalue weighted by Gasteiger charge is -2.13. The molecule has 0 aromatic carbocycles. The van der Waals surface area contributed by atoms with Crippen LogP contribution < -0.4 is 0 Å². The van der Waals surface area contributed by atoms with Gasteiger partial charge in [0.2, 0.25) is 0 Å². The van der Waals surface area contributed by atoms with E-state index in [0.717, 1.165) is 34.4 Å². The molecule has 0 unspecified atom stereocenters. The van der Waals surface area contributed by atoms with Crippen LogP contribution in [-0.4, -0.2) is 12.3 Å². The first-order valence-corrected chi connectivity index (χ1v) is 13.1.